The highest BCUT2D eigenvalue weighted by Crippen LogP contribution is 2.43. The maximum Gasteiger partial charge on any atom is 0.191 e. The molecule has 0 heterocycles. The SMILES string of the molecule is CN=C(NCC1CC1)NC1CC1c1c(F)cccc1F.I. The van der Waals surface area contributed by atoms with Gasteiger partial charge < -0.3 is 10.6 Å². The van der Waals surface area contributed by atoms with Gasteiger partial charge in [0, 0.05) is 31.1 Å². The van der Waals surface area contributed by atoms with Crippen molar-refractivity contribution in [2.75, 3.05) is 13.6 Å². The number of nitrogens with zero attached hydrogens (tertiary/aromatic N) is 1. The second-order valence-corrected chi connectivity index (χ2v) is 5.62. The lowest BCUT2D eigenvalue weighted by atomic mass is 10.1. The standard InChI is InChI=1S/C15H19F2N3.HI/c1-18-15(19-8-9-5-6-9)20-13-7-10(13)14-11(16)3-2-4-12(14)17;/h2-4,9-10,13H,5-8H2,1H3,(H2,18,19,20);1H. The molecular weight excluding hydrogens is 387 g/mol. The topological polar surface area (TPSA) is 36.4 Å². The van der Waals surface area contributed by atoms with Gasteiger partial charge in [0.1, 0.15) is 11.6 Å². The molecule has 1 aromatic rings. The lowest BCUT2D eigenvalue weighted by molar-refractivity contribution is 0.553. The molecule has 116 valence electrons. The molecule has 2 aliphatic rings. The Morgan fingerprint density at radius 1 is 1.29 bits per heavy atom. The Bertz CT molecular complexity index is 511. The molecule has 2 fully saturated rings. The zero-order valence-corrected chi connectivity index (χ0v) is 14.2. The predicted octanol–water partition coefficient (Wildman–Crippen LogP) is 3.01. The Morgan fingerprint density at radius 3 is 2.52 bits per heavy atom. The minimum absolute atomic E-state index is 0. The van der Waals surface area contributed by atoms with Gasteiger partial charge in [-0.25, -0.2) is 8.78 Å². The van der Waals surface area contributed by atoms with Crippen LogP contribution in [0.25, 0.3) is 0 Å². The lowest BCUT2D eigenvalue weighted by Crippen LogP contribution is -2.40. The van der Waals surface area contributed by atoms with E-state index < -0.39 is 11.6 Å². The highest BCUT2D eigenvalue weighted by atomic mass is 127. The van der Waals surface area contributed by atoms with Crippen LogP contribution in [0.2, 0.25) is 0 Å². The smallest absolute Gasteiger partial charge is 0.191 e. The second kappa shape index (κ2) is 6.89. The first kappa shape index (κ1) is 16.5. The molecule has 2 unspecified atom stereocenters. The molecule has 2 aliphatic carbocycles. The second-order valence-electron chi connectivity index (χ2n) is 5.62. The summed E-state index contributed by atoms with van der Waals surface area (Å²) >= 11 is 0. The normalized spacial score (nSPS) is 24.2. The first-order valence-electron chi connectivity index (χ1n) is 7.10. The first-order chi connectivity index (χ1) is 9.69. The van der Waals surface area contributed by atoms with E-state index in [2.05, 4.69) is 15.6 Å². The van der Waals surface area contributed by atoms with Crippen molar-refractivity contribution in [3.05, 3.63) is 35.4 Å². The Kier molecular flexibility index (Phi) is 5.40. The third-order valence-electron chi connectivity index (χ3n) is 3.96. The fraction of sp³-hybridized carbons (Fsp3) is 0.533. The van der Waals surface area contributed by atoms with Crippen molar-refractivity contribution >= 4 is 29.9 Å². The van der Waals surface area contributed by atoms with E-state index >= 15 is 0 Å². The number of guanidine groups is 1. The number of hydrogen-bond donors (Lipinski definition) is 2. The minimum atomic E-state index is -0.458. The summed E-state index contributed by atoms with van der Waals surface area (Å²) < 4.78 is 27.4. The van der Waals surface area contributed by atoms with Gasteiger partial charge in [-0.1, -0.05) is 6.07 Å². The van der Waals surface area contributed by atoms with E-state index in [0.717, 1.165) is 24.8 Å². The quantitative estimate of drug-likeness (QED) is 0.458. The summed E-state index contributed by atoms with van der Waals surface area (Å²) in [6.45, 7) is 0.922. The molecule has 2 saturated carbocycles. The molecule has 2 atom stereocenters. The highest BCUT2D eigenvalue weighted by Gasteiger charge is 2.42. The molecule has 3 nitrogen and oxygen atoms in total. The van der Waals surface area contributed by atoms with Crippen LogP contribution < -0.4 is 10.6 Å². The number of aliphatic imine (C=N–C) groups is 1. The Balaban J connectivity index is 0.00000161. The van der Waals surface area contributed by atoms with E-state index in [1.54, 1.807) is 7.05 Å². The molecule has 1 aromatic carbocycles. The van der Waals surface area contributed by atoms with Gasteiger partial charge in [-0.3, -0.25) is 4.99 Å². The van der Waals surface area contributed by atoms with Crippen LogP contribution in [0, 0.1) is 17.6 Å². The molecule has 0 aromatic heterocycles. The fourth-order valence-electron chi connectivity index (χ4n) is 2.47. The zero-order valence-electron chi connectivity index (χ0n) is 11.9. The average molecular weight is 407 g/mol. The molecule has 0 amide bonds. The van der Waals surface area contributed by atoms with Crippen molar-refractivity contribution < 1.29 is 8.78 Å². The maximum atomic E-state index is 13.7. The van der Waals surface area contributed by atoms with Gasteiger partial charge in [0.25, 0.3) is 0 Å². The molecule has 0 radical (unpaired) electrons. The van der Waals surface area contributed by atoms with Crippen molar-refractivity contribution in [2.24, 2.45) is 10.9 Å². The third kappa shape index (κ3) is 4.05. The molecule has 0 bridgehead atoms. The van der Waals surface area contributed by atoms with Crippen LogP contribution in [0.5, 0.6) is 0 Å². The van der Waals surface area contributed by atoms with Crippen LogP contribution in [0.15, 0.2) is 23.2 Å². The predicted molar refractivity (Wildman–Crippen MR) is 90.1 cm³/mol. The van der Waals surface area contributed by atoms with Gasteiger partial charge in [0.2, 0.25) is 0 Å². The number of nitrogens with one attached hydrogen (secondary N) is 2. The van der Waals surface area contributed by atoms with Crippen LogP contribution in [0.1, 0.15) is 30.7 Å². The molecule has 0 spiro atoms. The molecule has 6 heteroatoms. The summed E-state index contributed by atoms with van der Waals surface area (Å²) in [4.78, 5) is 4.15. The summed E-state index contributed by atoms with van der Waals surface area (Å²) in [5.41, 5.74) is 0.197. The third-order valence-corrected chi connectivity index (χ3v) is 3.96. The number of hydrogen-bond acceptors (Lipinski definition) is 1. The van der Waals surface area contributed by atoms with Crippen LogP contribution in [-0.2, 0) is 0 Å². The van der Waals surface area contributed by atoms with Crippen molar-refractivity contribution in [3.63, 3.8) is 0 Å². The lowest BCUT2D eigenvalue weighted by Gasteiger charge is -2.11. The summed E-state index contributed by atoms with van der Waals surface area (Å²) in [5.74, 6) is 0.463. The average Bonchev–Trinajstić information content (AvgIpc) is 3.31. The van der Waals surface area contributed by atoms with Gasteiger partial charge in [-0.2, -0.15) is 0 Å². The monoisotopic (exact) mass is 407 g/mol. The molecule has 0 aliphatic heterocycles. The van der Waals surface area contributed by atoms with Crippen LogP contribution in [0.4, 0.5) is 8.78 Å². The van der Waals surface area contributed by atoms with Crippen molar-refractivity contribution in [1.29, 1.82) is 0 Å². The van der Waals surface area contributed by atoms with E-state index in [-0.39, 0.29) is 41.5 Å². The van der Waals surface area contributed by atoms with Crippen molar-refractivity contribution in [1.82, 2.24) is 10.6 Å². The number of halogens is 3. The van der Waals surface area contributed by atoms with E-state index in [4.69, 9.17) is 0 Å². The van der Waals surface area contributed by atoms with Gasteiger partial charge in [-0.15, -0.1) is 24.0 Å². The first-order valence-corrected chi connectivity index (χ1v) is 7.10. The van der Waals surface area contributed by atoms with Gasteiger partial charge in [0.15, 0.2) is 5.96 Å². The molecule has 0 saturated heterocycles. The van der Waals surface area contributed by atoms with Crippen LogP contribution in [-0.4, -0.2) is 25.6 Å². The van der Waals surface area contributed by atoms with E-state index in [9.17, 15) is 8.78 Å². The highest BCUT2D eigenvalue weighted by molar-refractivity contribution is 14.0. The Morgan fingerprint density at radius 2 is 1.95 bits per heavy atom. The number of rotatable bonds is 4. The summed E-state index contributed by atoms with van der Waals surface area (Å²) in [6.07, 6.45) is 3.29. The molecule has 21 heavy (non-hydrogen) atoms. The summed E-state index contributed by atoms with van der Waals surface area (Å²) in [7, 11) is 1.71. The largest absolute Gasteiger partial charge is 0.356 e. The van der Waals surface area contributed by atoms with Gasteiger partial charge in [0.05, 0.1) is 0 Å². The van der Waals surface area contributed by atoms with E-state index in [0.29, 0.717) is 0 Å². The molecule has 2 N–H and O–H groups in total. The fourth-order valence-corrected chi connectivity index (χ4v) is 2.47. The summed E-state index contributed by atoms with van der Waals surface area (Å²) in [5, 5.41) is 6.49. The Labute approximate surface area is 140 Å². The number of benzene rings is 1. The van der Waals surface area contributed by atoms with Crippen molar-refractivity contribution in [2.45, 2.75) is 31.2 Å². The van der Waals surface area contributed by atoms with Gasteiger partial charge >= 0.3 is 0 Å². The minimum Gasteiger partial charge on any atom is -0.356 e. The Hall–Kier alpha value is -0.920. The van der Waals surface area contributed by atoms with E-state index in [1.807, 2.05) is 0 Å². The summed E-state index contributed by atoms with van der Waals surface area (Å²) in [6, 6.07) is 4.09. The van der Waals surface area contributed by atoms with Crippen molar-refractivity contribution in [3.8, 4) is 0 Å². The van der Waals surface area contributed by atoms with Crippen LogP contribution >= 0.6 is 24.0 Å². The molecular formula is C15H20F2IN3. The van der Waals surface area contributed by atoms with Gasteiger partial charge in [-0.05, 0) is 37.3 Å². The molecule has 3 rings (SSSR count). The van der Waals surface area contributed by atoms with Crippen LogP contribution in [0.3, 0.4) is 0 Å². The van der Waals surface area contributed by atoms with E-state index in [1.165, 1.54) is 31.0 Å². The maximum absolute atomic E-state index is 13.7. The zero-order chi connectivity index (χ0) is 14.1.